The second-order valence-electron chi connectivity index (χ2n) is 4.66. The Morgan fingerprint density at radius 2 is 1.87 bits per heavy atom. The van der Waals surface area contributed by atoms with Crippen molar-refractivity contribution in [2.45, 2.75) is 0 Å². The maximum Gasteiger partial charge on any atom is 0.251 e. The van der Waals surface area contributed by atoms with Crippen LogP contribution in [-0.2, 0) is 4.79 Å². The van der Waals surface area contributed by atoms with Gasteiger partial charge in [0, 0.05) is 16.2 Å². The Hall–Kier alpha value is -1.80. The number of benzene rings is 2. The molecule has 0 aliphatic heterocycles. The number of halogens is 2. The van der Waals surface area contributed by atoms with Crippen LogP contribution >= 0.6 is 34.2 Å². The number of hydrogen-bond acceptors (Lipinski definition) is 3. The molecule has 0 radical (unpaired) electrons. The van der Waals surface area contributed by atoms with E-state index in [1.165, 1.54) is 0 Å². The Labute approximate surface area is 152 Å². The van der Waals surface area contributed by atoms with Crippen LogP contribution in [0.1, 0.15) is 10.4 Å². The summed E-state index contributed by atoms with van der Waals surface area (Å²) in [5.41, 5.74) is 1.76. The van der Waals surface area contributed by atoms with E-state index < -0.39 is 0 Å². The van der Waals surface area contributed by atoms with E-state index in [0.717, 1.165) is 9.26 Å². The Morgan fingerprint density at radius 3 is 2.57 bits per heavy atom. The van der Waals surface area contributed by atoms with Gasteiger partial charge in [0.15, 0.2) is 0 Å². The molecule has 2 aromatic rings. The molecule has 0 aliphatic rings. The van der Waals surface area contributed by atoms with Gasteiger partial charge in [0.25, 0.3) is 5.91 Å². The highest BCUT2D eigenvalue weighted by Crippen LogP contribution is 2.23. The van der Waals surface area contributed by atoms with Gasteiger partial charge in [0.05, 0.1) is 22.9 Å². The van der Waals surface area contributed by atoms with Crippen molar-refractivity contribution in [2.75, 3.05) is 24.2 Å². The topological polar surface area (TPSA) is 70.2 Å². The van der Waals surface area contributed by atoms with E-state index in [9.17, 15) is 9.59 Å². The SMILES string of the molecule is CNC(=O)c1ccc(Cl)c(NCC(=O)Nc2ccccc2I)c1. The third kappa shape index (κ3) is 4.84. The molecule has 0 unspecified atom stereocenters. The summed E-state index contributed by atoms with van der Waals surface area (Å²) in [4.78, 5) is 23.7. The van der Waals surface area contributed by atoms with Gasteiger partial charge in [0.1, 0.15) is 0 Å². The number of carbonyl (C=O) groups excluding carboxylic acids is 2. The monoisotopic (exact) mass is 443 g/mol. The van der Waals surface area contributed by atoms with Gasteiger partial charge in [0.2, 0.25) is 5.91 Å². The first-order valence-corrected chi connectivity index (χ1v) is 8.27. The number of nitrogens with one attached hydrogen (secondary N) is 3. The fourth-order valence-corrected chi connectivity index (χ4v) is 2.59. The third-order valence-electron chi connectivity index (χ3n) is 3.04. The van der Waals surface area contributed by atoms with Gasteiger partial charge in [-0.2, -0.15) is 0 Å². The zero-order valence-electron chi connectivity index (χ0n) is 12.3. The van der Waals surface area contributed by atoms with Crippen molar-refractivity contribution >= 4 is 57.4 Å². The molecule has 7 heteroatoms. The van der Waals surface area contributed by atoms with E-state index in [1.807, 2.05) is 24.3 Å². The molecular formula is C16H15ClIN3O2. The molecule has 3 N–H and O–H groups in total. The summed E-state index contributed by atoms with van der Waals surface area (Å²) in [5.74, 6) is -0.413. The van der Waals surface area contributed by atoms with E-state index in [2.05, 4.69) is 38.5 Å². The van der Waals surface area contributed by atoms with Crippen LogP contribution in [0.2, 0.25) is 5.02 Å². The largest absolute Gasteiger partial charge is 0.375 e. The Morgan fingerprint density at radius 1 is 1.13 bits per heavy atom. The number of para-hydroxylation sites is 1. The van der Waals surface area contributed by atoms with Crippen molar-refractivity contribution in [3.05, 3.63) is 56.6 Å². The molecule has 0 spiro atoms. The lowest BCUT2D eigenvalue weighted by molar-refractivity contribution is -0.114. The average Bonchev–Trinajstić information content (AvgIpc) is 2.55. The molecule has 0 fully saturated rings. The van der Waals surface area contributed by atoms with E-state index in [4.69, 9.17) is 11.6 Å². The molecule has 0 heterocycles. The Kier molecular flexibility index (Phi) is 6.23. The van der Waals surface area contributed by atoms with Gasteiger partial charge in [-0.3, -0.25) is 9.59 Å². The first-order chi connectivity index (χ1) is 11.0. The minimum absolute atomic E-state index is 0.0435. The van der Waals surface area contributed by atoms with Gasteiger partial charge in [-0.05, 0) is 52.9 Å². The van der Waals surface area contributed by atoms with Crippen molar-refractivity contribution < 1.29 is 9.59 Å². The maximum absolute atomic E-state index is 12.0. The van der Waals surface area contributed by atoms with Gasteiger partial charge in [-0.15, -0.1) is 0 Å². The molecule has 0 aliphatic carbocycles. The third-order valence-corrected chi connectivity index (χ3v) is 4.31. The smallest absolute Gasteiger partial charge is 0.251 e. The Bertz CT molecular complexity index is 737. The molecule has 120 valence electrons. The van der Waals surface area contributed by atoms with E-state index in [-0.39, 0.29) is 18.4 Å². The van der Waals surface area contributed by atoms with Crippen LogP contribution in [-0.4, -0.2) is 25.4 Å². The van der Waals surface area contributed by atoms with E-state index in [1.54, 1.807) is 25.2 Å². The predicted octanol–water partition coefficient (Wildman–Crippen LogP) is 3.35. The average molecular weight is 444 g/mol. The molecule has 0 saturated heterocycles. The zero-order chi connectivity index (χ0) is 16.8. The quantitative estimate of drug-likeness (QED) is 0.621. The highest BCUT2D eigenvalue weighted by atomic mass is 127. The first kappa shape index (κ1) is 17.6. The highest BCUT2D eigenvalue weighted by molar-refractivity contribution is 14.1. The normalized spacial score (nSPS) is 10.0. The minimum atomic E-state index is -0.215. The number of rotatable bonds is 5. The molecule has 2 rings (SSSR count). The van der Waals surface area contributed by atoms with Gasteiger partial charge >= 0.3 is 0 Å². The van der Waals surface area contributed by atoms with E-state index >= 15 is 0 Å². The molecular weight excluding hydrogens is 429 g/mol. The van der Waals surface area contributed by atoms with Crippen LogP contribution in [0.15, 0.2) is 42.5 Å². The van der Waals surface area contributed by atoms with Crippen molar-refractivity contribution in [3.63, 3.8) is 0 Å². The lowest BCUT2D eigenvalue weighted by atomic mass is 10.2. The number of carbonyl (C=O) groups is 2. The molecule has 2 amide bonds. The van der Waals surface area contributed by atoms with Crippen LogP contribution in [0.25, 0.3) is 0 Å². The minimum Gasteiger partial charge on any atom is -0.375 e. The summed E-state index contributed by atoms with van der Waals surface area (Å²) < 4.78 is 0.957. The summed E-state index contributed by atoms with van der Waals surface area (Å²) in [5, 5.41) is 8.75. The van der Waals surface area contributed by atoms with Crippen LogP contribution in [0.3, 0.4) is 0 Å². The molecule has 0 aromatic heterocycles. The molecule has 2 aromatic carbocycles. The fraction of sp³-hybridized carbons (Fsp3) is 0.125. The standard InChI is InChI=1S/C16H15ClIN3O2/c1-19-16(23)10-6-7-11(17)14(8-10)20-9-15(22)21-13-5-3-2-4-12(13)18/h2-8,20H,9H2,1H3,(H,19,23)(H,21,22). The lowest BCUT2D eigenvalue weighted by Crippen LogP contribution is -2.23. The number of amides is 2. The first-order valence-electron chi connectivity index (χ1n) is 6.81. The molecule has 23 heavy (non-hydrogen) atoms. The van der Waals surface area contributed by atoms with Crippen molar-refractivity contribution in [1.82, 2.24) is 5.32 Å². The zero-order valence-corrected chi connectivity index (χ0v) is 15.2. The molecule has 0 atom stereocenters. The molecule has 0 bridgehead atoms. The van der Waals surface area contributed by atoms with Crippen LogP contribution in [0.5, 0.6) is 0 Å². The lowest BCUT2D eigenvalue weighted by Gasteiger charge is -2.11. The van der Waals surface area contributed by atoms with Crippen LogP contribution in [0, 0.1) is 3.57 Å². The summed E-state index contributed by atoms with van der Waals surface area (Å²) in [6.45, 7) is 0.0435. The summed E-state index contributed by atoms with van der Waals surface area (Å²) in [6, 6.07) is 12.4. The molecule has 5 nitrogen and oxygen atoms in total. The summed E-state index contributed by atoms with van der Waals surface area (Å²) in [7, 11) is 1.55. The summed E-state index contributed by atoms with van der Waals surface area (Å²) >= 11 is 8.24. The van der Waals surface area contributed by atoms with Gasteiger partial charge < -0.3 is 16.0 Å². The second kappa shape index (κ2) is 8.16. The van der Waals surface area contributed by atoms with Crippen molar-refractivity contribution in [3.8, 4) is 0 Å². The fourth-order valence-electron chi connectivity index (χ4n) is 1.88. The summed E-state index contributed by atoms with van der Waals surface area (Å²) in [6.07, 6.45) is 0. The van der Waals surface area contributed by atoms with Crippen molar-refractivity contribution in [2.24, 2.45) is 0 Å². The highest BCUT2D eigenvalue weighted by Gasteiger charge is 2.09. The van der Waals surface area contributed by atoms with Crippen LogP contribution in [0.4, 0.5) is 11.4 Å². The molecule has 0 saturated carbocycles. The van der Waals surface area contributed by atoms with E-state index in [0.29, 0.717) is 16.3 Å². The van der Waals surface area contributed by atoms with Gasteiger partial charge in [-0.25, -0.2) is 0 Å². The Balaban J connectivity index is 2.01. The number of hydrogen-bond donors (Lipinski definition) is 3. The predicted molar refractivity (Wildman–Crippen MR) is 101 cm³/mol. The van der Waals surface area contributed by atoms with Gasteiger partial charge in [-0.1, -0.05) is 23.7 Å². The second-order valence-corrected chi connectivity index (χ2v) is 6.22. The van der Waals surface area contributed by atoms with Crippen molar-refractivity contribution in [1.29, 1.82) is 0 Å². The maximum atomic E-state index is 12.0. The van der Waals surface area contributed by atoms with Crippen LogP contribution < -0.4 is 16.0 Å². The number of anilines is 2.